The average Bonchev–Trinajstić information content (AvgIpc) is 2.32. The van der Waals surface area contributed by atoms with Gasteiger partial charge in [0.1, 0.15) is 5.75 Å². The van der Waals surface area contributed by atoms with Gasteiger partial charge in [0, 0.05) is 13.1 Å². The number of hydrogen-bond donors (Lipinski definition) is 1. The van der Waals surface area contributed by atoms with Crippen molar-refractivity contribution in [2.45, 2.75) is 6.10 Å². The molecule has 0 spiro atoms. The van der Waals surface area contributed by atoms with Crippen molar-refractivity contribution >= 4 is 5.91 Å². The maximum atomic E-state index is 11.5. The minimum atomic E-state index is -0.395. The van der Waals surface area contributed by atoms with Crippen LogP contribution in [0, 0.1) is 11.3 Å². The number of nitriles is 1. The fraction of sp³-hybridized carbons (Fsp3) is 0.333. The number of aliphatic hydroxyl groups is 1. The van der Waals surface area contributed by atoms with Crippen LogP contribution in [-0.2, 0) is 4.79 Å². The molecule has 0 saturated carbocycles. The number of benzene rings is 1. The molecule has 1 aliphatic heterocycles. The summed E-state index contributed by atoms with van der Waals surface area (Å²) in [6, 6.07) is 8.57. The van der Waals surface area contributed by atoms with Crippen molar-refractivity contribution in [3.8, 4) is 11.8 Å². The highest BCUT2D eigenvalue weighted by Gasteiger charge is 2.28. The standard InChI is InChI=1S/C12H12N2O3/c13-5-9-1-3-11(4-2-9)17-8-12(16)14-6-10(15)7-14/h1-4,10,15H,6-8H2. The molecule has 1 aliphatic rings. The van der Waals surface area contributed by atoms with Gasteiger partial charge in [-0.05, 0) is 24.3 Å². The van der Waals surface area contributed by atoms with Gasteiger partial charge >= 0.3 is 0 Å². The summed E-state index contributed by atoms with van der Waals surface area (Å²) >= 11 is 0. The number of likely N-dealkylation sites (tertiary alicyclic amines) is 1. The van der Waals surface area contributed by atoms with Crippen LogP contribution >= 0.6 is 0 Å². The third-order valence-electron chi connectivity index (χ3n) is 2.56. The van der Waals surface area contributed by atoms with Crippen molar-refractivity contribution in [3.05, 3.63) is 29.8 Å². The molecule has 1 heterocycles. The normalized spacial score (nSPS) is 14.9. The summed E-state index contributed by atoms with van der Waals surface area (Å²) in [6.07, 6.45) is -0.395. The lowest BCUT2D eigenvalue weighted by atomic mass is 10.2. The molecule has 88 valence electrons. The summed E-state index contributed by atoms with van der Waals surface area (Å²) in [4.78, 5) is 13.0. The van der Waals surface area contributed by atoms with Gasteiger partial charge in [0.15, 0.2) is 6.61 Å². The lowest BCUT2D eigenvalue weighted by Crippen LogP contribution is -2.54. The Hall–Kier alpha value is -2.06. The van der Waals surface area contributed by atoms with Crippen molar-refractivity contribution in [1.82, 2.24) is 4.90 Å². The smallest absolute Gasteiger partial charge is 0.260 e. The van der Waals surface area contributed by atoms with Crippen molar-refractivity contribution in [2.75, 3.05) is 19.7 Å². The van der Waals surface area contributed by atoms with E-state index < -0.39 is 6.10 Å². The van der Waals surface area contributed by atoms with Crippen LogP contribution < -0.4 is 4.74 Å². The monoisotopic (exact) mass is 232 g/mol. The third-order valence-corrected chi connectivity index (χ3v) is 2.56. The Morgan fingerprint density at radius 1 is 1.47 bits per heavy atom. The van der Waals surface area contributed by atoms with Gasteiger partial charge in [0.25, 0.3) is 5.91 Å². The highest BCUT2D eigenvalue weighted by atomic mass is 16.5. The lowest BCUT2D eigenvalue weighted by Gasteiger charge is -2.35. The molecule has 1 fully saturated rings. The summed E-state index contributed by atoms with van der Waals surface area (Å²) in [5.41, 5.74) is 0.551. The number of rotatable bonds is 3. The molecule has 1 amide bonds. The van der Waals surface area contributed by atoms with Crippen molar-refractivity contribution in [1.29, 1.82) is 5.26 Å². The molecule has 1 aromatic carbocycles. The van der Waals surface area contributed by atoms with Crippen LogP contribution in [0.4, 0.5) is 0 Å². The maximum absolute atomic E-state index is 11.5. The number of ether oxygens (including phenoxy) is 1. The van der Waals surface area contributed by atoms with Gasteiger partial charge in [-0.2, -0.15) is 5.26 Å². The predicted octanol–water partition coefficient (Wildman–Crippen LogP) is 0.140. The van der Waals surface area contributed by atoms with Gasteiger partial charge < -0.3 is 14.7 Å². The van der Waals surface area contributed by atoms with Crippen LogP contribution in [0.2, 0.25) is 0 Å². The molecule has 0 aliphatic carbocycles. The van der Waals surface area contributed by atoms with Crippen LogP contribution in [0.3, 0.4) is 0 Å². The van der Waals surface area contributed by atoms with E-state index in [-0.39, 0.29) is 12.5 Å². The minimum Gasteiger partial charge on any atom is -0.484 e. The molecule has 2 rings (SSSR count). The first-order valence-electron chi connectivity index (χ1n) is 5.28. The Morgan fingerprint density at radius 3 is 2.65 bits per heavy atom. The number of carbonyl (C=O) groups excluding carboxylic acids is 1. The number of hydrogen-bond acceptors (Lipinski definition) is 4. The zero-order valence-electron chi connectivity index (χ0n) is 9.17. The van der Waals surface area contributed by atoms with E-state index in [0.29, 0.717) is 24.4 Å². The number of nitrogens with zero attached hydrogens (tertiary/aromatic N) is 2. The van der Waals surface area contributed by atoms with E-state index in [1.54, 1.807) is 24.3 Å². The van der Waals surface area contributed by atoms with E-state index in [2.05, 4.69) is 0 Å². The topological polar surface area (TPSA) is 73.6 Å². The van der Waals surface area contributed by atoms with Gasteiger partial charge in [-0.25, -0.2) is 0 Å². The molecule has 0 atom stereocenters. The molecular weight excluding hydrogens is 220 g/mol. The lowest BCUT2D eigenvalue weighted by molar-refractivity contribution is -0.143. The average molecular weight is 232 g/mol. The largest absolute Gasteiger partial charge is 0.484 e. The fourth-order valence-electron chi connectivity index (χ4n) is 1.52. The second-order valence-corrected chi connectivity index (χ2v) is 3.88. The second-order valence-electron chi connectivity index (χ2n) is 3.88. The van der Waals surface area contributed by atoms with E-state index in [4.69, 9.17) is 15.1 Å². The molecule has 0 aromatic heterocycles. The predicted molar refractivity (Wildman–Crippen MR) is 59.2 cm³/mol. The van der Waals surface area contributed by atoms with E-state index >= 15 is 0 Å². The highest BCUT2D eigenvalue weighted by molar-refractivity contribution is 5.78. The summed E-state index contributed by atoms with van der Waals surface area (Å²) in [5.74, 6) is 0.415. The van der Waals surface area contributed by atoms with Gasteiger partial charge in [-0.1, -0.05) is 0 Å². The van der Waals surface area contributed by atoms with E-state index in [0.717, 1.165) is 0 Å². The Kier molecular flexibility index (Phi) is 3.26. The van der Waals surface area contributed by atoms with Crippen LogP contribution in [-0.4, -0.2) is 41.7 Å². The zero-order chi connectivity index (χ0) is 12.3. The van der Waals surface area contributed by atoms with Crippen molar-refractivity contribution in [3.63, 3.8) is 0 Å². The molecule has 1 N–H and O–H groups in total. The van der Waals surface area contributed by atoms with Gasteiger partial charge in [0.2, 0.25) is 0 Å². The highest BCUT2D eigenvalue weighted by Crippen LogP contribution is 2.13. The molecule has 1 saturated heterocycles. The van der Waals surface area contributed by atoms with Crippen LogP contribution in [0.1, 0.15) is 5.56 Å². The van der Waals surface area contributed by atoms with E-state index in [9.17, 15) is 4.79 Å². The van der Waals surface area contributed by atoms with Crippen LogP contribution in [0.15, 0.2) is 24.3 Å². The fourth-order valence-corrected chi connectivity index (χ4v) is 1.52. The Morgan fingerprint density at radius 2 is 2.12 bits per heavy atom. The van der Waals surface area contributed by atoms with Crippen LogP contribution in [0.5, 0.6) is 5.75 Å². The van der Waals surface area contributed by atoms with Gasteiger partial charge in [-0.15, -0.1) is 0 Å². The molecule has 1 aromatic rings. The molecule has 17 heavy (non-hydrogen) atoms. The Bertz CT molecular complexity index is 444. The Labute approximate surface area is 98.8 Å². The quantitative estimate of drug-likeness (QED) is 0.804. The maximum Gasteiger partial charge on any atom is 0.260 e. The zero-order valence-corrected chi connectivity index (χ0v) is 9.17. The number of β-amino-alcohol motifs (C(OH)–C–C–N with tert-alkyl or cyclic N) is 1. The van der Waals surface area contributed by atoms with Gasteiger partial charge in [0.05, 0.1) is 17.7 Å². The first-order chi connectivity index (χ1) is 8.19. The third kappa shape index (κ3) is 2.74. The number of aliphatic hydroxyl groups excluding tert-OH is 1. The first-order valence-corrected chi connectivity index (χ1v) is 5.28. The molecule has 0 radical (unpaired) electrons. The van der Waals surface area contributed by atoms with E-state index in [1.165, 1.54) is 4.90 Å². The van der Waals surface area contributed by atoms with Crippen LogP contribution in [0.25, 0.3) is 0 Å². The summed E-state index contributed by atoms with van der Waals surface area (Å²) in [5, 5.41) is 17.7. The Balaban J connectivity index is 1.81. The molecule has 5 nitrogen and oxygen atoms in total. The van der Waals surface area contributed by atoms with E-state index in [1.807, 2.05) is 6.07 Å². The second kappa shape index (κ2) is 4.85. The number of amides is 1. The summed E-state index contributed by atoms with van der Waals surface area (Å²) in [7, 11) is 0. The molecule has 5 heteroatoms. The number of carbonyl (C=O) groups is 1. The summed E-state index contributed by atoms with van der Waals surface area (Å²) < 4.78 is 5.28. The molecule has 0 unspecified atom stereocenters. The SMILES string of the molecule is N#Cc1ccc(OCC(=O)N2CC(O)C2)cc1. The minimum absolute atomic E-state index is 0.0430. The van der Waals surface area contributed by atoms with Gasteiger partial charge in [-0.3, -0.25) is 4.79 Å². The first kappa shape index (κ1) is 11.4. The van der Waals surface area contributed by atoms with Crippen molar-refractivity contribution in [2.24, 2.45) is 0 Å². The molecule has 0 bridgehead atoms. The molecular formula is C12H12N2O3. The van der Waals surface area contributed by atoms with Crippen molar-refractivity contribution < 1.29 is 14.6 Å². The summed E-state index contributed by atoms with van der Waals surface area (Å²) in [6.45, 7) is 0.726.